The molecule has 0 fully saturated rings. The maximum atomic E-state index is 14.9. The van der Waals surface area contributed by atoms with Crippen molar-refractivity contribution in [2.45, 2.75) is 33.2 Å². The van der Waals surface area contributed by atoms with Crippen LogP contribution in [0.2, 0.25) is 0 Å². The lowest BCUT2D eigenvalue weighted by molar-refractivity contribution is -0.150. The predicted octanol–water partition coefficient (Wildman–Crippen LogP) is 3.06. The van der Waals surface area contributed by atoms with Crippen LogP contribution in [0.25, 0.3) is 11.3 Å². The fourth-order valence-electron chi connectivity index (χ4n) is 3.32. The van der Waals surface area contributed by atoms with Crippen molar-refractivity contribution in [2.75, 3.05) is 4.90 Å². The molecule has 30 heavy (non-hydrogen) atoms. The lowest BCUT2D eigenvalue weighted by Gasteiger charge is -2.35. The van der Waals surface area contributed by atoms with Crippen LogP contribution in [-0.4, -0.2) is 27.8 Å². The van der Waals surface area contributed by atoms with Crippen LogP contribution in [0.1, 0.15) is 34.3 Å². The Kier molecular flexibility index (Phi) is 4.53. The van der Waals surface area contributed by atoms with Crippen LogP contribution in [0.4, 0.5) is 10.2 Å². The van der Waals surface area contributed by atoms with Gasteiger partial charge in [-0.2, -0.15) is 4.39 Å². The van der Waals surface area contributed by atoms with Crippen molar-refractivity contribution in [1.82, 2.24) is 10.1 Å². The lowest BCUT2D eigenvalue weighted by Crippen LogP contribution is -2.51. The first-order chi connectivity index (χ1) is 14.2. The highest BCUT2D eigenvalue weighted by Gasteiger charge is 2.46. The number of anilines is 1. The SMILES string of the molecule is Cc1noc(C)c1CN1C(=O)C(C)(F)Oc2ccc(-c3cccc(C(N)=O)c3)nc21. The van der Waals surface area contributed by atoms with E-state index < -0.39 is 17.7 Å². The molecule has 2 aromatic heterocycles. The molecule has 3 aromatic rings. The Morgan fingerprint density at radius 1 is 1.27 bits per heavy atom. The number of halogens is 1. The van der Waals surface area contributed by atoms with Crippen LogP contribution in [-0.2, 0) is 11.3 Å². The summed E-state index contributed by atoms with van der Waals surface area (Å²) in [5.41, 5.74) is 8.03. The Bertz CT molecular complexity index is 1150. The fourth-order valence-corrected chi connectivity index (χ4v) is 3.32. The van der Waals surface area contributed by atoms with Crippen LogP contribution in [0.15, 0.2) is 40.9 Å². The normalized spacial score (nSPS) is 18.1. The van der Waals surface area contributed by atoms with Gasteiger partial charge in [-0.1, -0.05) is 17.3 Å². The molecule has 1 aromatic carbocycles. The minimum Gasteiger partial charge on any atom is -0.446 e. The molecular weight excluding hydrogens is 391 g/mol. The van der Waals surface area contributed by atoms with E-state index in [1.807, 2.05) is 0 Å². The van der Waals surface area contributed by atoms with Gasteiger partial charge in [0.1, 0.15) is 5.76 Å². The Labute approximate surface area is 171 Å². The molecule has 0 saturated heterocycles. The van der Waals surface area contributed by atoms with Crippen molar-refractivity contribution in [1.29, 1.82) is 0 Å². The first kappa shape index (κ1) is 19.6. The van der Waals surface area contributed by atoms with Gasteiger partial charge < -0.3 is 15.0 Å². The number of nitrogens with zero attached hydrogens (tertiary/aromatic N) is 3. The molecule has 4 rings (SSSR count). The molecule has 2 N–H and O–H groups in total. The molecule has 3 heterocycles. The molecule has 154 valence electrons. The Hall–Kier alpha value is -3.75. The smallest absolute Gasteiger partial charge is 0.324 e. The number of carbonyl (C=O) groups is 2. The van der Waals surface area contributed by atoms with Gasteiger partial charge in [0.05, 0.1) is 17.9 Å². The van der Waals surface area contributed by atoms with Gasteiger partial charge >= 0.3 is 11.8 Å². The summed E-state index contributed by atoms with van der Waals surface area (Å²) in [7, 11) is 0. The van der Waals surface area contributed by atoms with E-state index in [2.05, 4.69) is 10.1 Å². The fraction of sp³-hybridized carbons (Fsp3) is 0.238. The number of primary amides is 1. The Balaban J connectivity index is 1.81. The number of hydrogen-bond donors (Lipinski definition) is 1. The molecule has 1 aliphatic heterocycles. The number of amides is 2. The first-order valence-corrected chi connectivity index (χ1v) is 9.20. The Morgan fingerprint density at radius 2 is 2.03 bits per heavy atom. The average Bonchev–Trinajstić information content (AvgIpc) is 3.02. The van der Waals surface area contributed by atoms with Crippen LogP contribution >= 0.6 is 0 Å². The molecular formula is C21H19FN4O4. The van der Waals surface area contributed by atoms with Gasteiger partial charge in [0.2, 0.25) is 5.91 Å². The summed E-state index contributed by atoms with van der Waals surface area (Å²) in [6.45, 7) is 4.54. The van der Waals surface area contributed by atoms with Crippen molar-refractivity contribution in [2.24, 2.45) is 5.73 Å². The number of benzene rings is 1. The molecule has 8 nitrogen and oxygen atoms in total. The number of carbonyl (C=O) groups excluding carboxylic acids is 2. The summed E-state index contributed by atoms with van der Waals surface area (Å²) < 4.78 is 25.3. The summed E-state index contributed by atoms with van der Waals surface area (Å²) in [5.74, 6) is -3.18. The van der Waals surface area contributed by atoms with Crippen LogP contribution in [0, 0.1) is 13.8 Å². The average molecular weight is 410 g/mol. The van der Waals surface area contributed by atoms with E-state index in [-0.39, 0.29) is 18.1 Å². The van der Waals surface area contributed by atoms with Gasteiger partial charge in [0.25, 0.3) is 0 Å². The highest BCUT2D eigenvalue weighted by molar-refractivity contribution is 6.01. The number of nitrogens with two attached hydrogens (primary N) is 1. The minimum absolute atomic E-state index is 0.0215. The molecule has 0 radical (unpaired) electrons. The number of hydrogen-bond acceptors (Lipinski definition) is 6. The molecule has 9 heteroatoms. The Morgan fingerprint density at radius 3 is 2.70 bits per heavy atom. The number of ether oxygens (including phenoxy) is 1. The number of aryl methyl sites for hydroxylation is 2. The zero-order valence-corrected chi connectivity index (χ0v) is 16.6. The van der Waals surface area contributed by atoms with Crippen LogP contribution in [0.3, 0.4) is 0 Å². The van der Waals surface area contributed by atoms with Gasteiger partial charge in [0.15, 0.2) is 11.6 Å². The van der Waals surface area contributed by atoms with Crippen molar-refractivity contribution in [3.8, 4) is 17.0 Å². The van der Waals surface area contributed by atoms with E-state index in [4.69, 9.17) is 15.0 Å². The van der Waals surface area contributed by atoms with E-state index >= 15 is 0 Å². The zero-order chi connectivity index (χ0) is 21.6. The maximum Gasteiger partial charge on any atom is 0.324 e. The quantitative estimate of drug-likeness (QED) is 0.708. The number of rotatable bonds is 4. The second-order valence-electron chi connectivity index (χ2n) is 7.18. The number of fused-ring (bicyclic) bond motifs is 1. The van der Waals surface area contributed by atoms with Crippen LogP contribution < -0.4 is 15.4 Å². The predicted molar refractivity (Wildman–Crippen MR) is 105 cm³/mol. The number of aromatic nitrogens is 2. The summed E-state index contributed by atoms with van der Waals surface area (Å²) in [6, 6.07) is 9.79. The van der Waals surface area contributed by atoms with Gasteiger partial charge in [-0.15, -0.1) is 0 Å². The van der Waals surface area contributed by atoms with Crippen molar-refractivity contribution >= 4 is 17.6 Å². The third kappa shape index (κ3) is 3.28. The first-order valence-electron chi connectivity index (χ1n) is 9.20. The van der Waals surface area contributed by atoms with Gasteiger partial charge in [0, 0.05) is 23.6 Å². The van der Waals surface area contributed by atoms with Crippen molar-refractivity contribution in [3.63, 3.8) is 0 Å². The monoisotopic (exact) mass is 410 g/mol. The highest BCUT2D eigenvalue weighted by Crippen LogP contribution is 2.39. The molecule has 1 unspecified atom stereocenters. The maximum absolute atomic E-state index is 14.9. The summed E-state index contributed by atoms with van der Waals surface area (Å²) in [4.78, 5) is 30.1. The van der Waals surface area contributed by atoms with E-state index in [0.717, 1.165) is 6.92 Å². The molecule has 2 amide bonds. The third-order valence-electron chi connectivity index (χ3n) is 4.96. The summed E-state index contributed by atoms with van der Waals surface area (Å²) in [5, 5.41) is 3.89. The second-order valence-corrected chi connectivity index (χ2v) is 7.18. The van der Waals surface area contributed by atoms with Crippen molar-refractivity contribution in [3.05, 3.63) is 59.0 Å². The highest BCUT2D eigenvalue weighted by atomic mass is 19.2. The van der Waals surface area contributed by atoms with E-state index in [0.29, 0.717) is 33.8 Å². The van der Waals surface area contributed by atoms with Gasteiger partial charge in [-0.05, 0) is 38.1 Å². The molecule has 0 aliphatic carbocycles. The number of pyridine rings is 1. The van der Waals surface area contributed by atoms with Crippen molar-refractivity contribution < 1.29 is 23.2 Å². The second kappa shape index (κ2) is 6.94. The molecule has 0 bridgehead atoms. The van der Waals surface area contributed by atoms with Gasteiger partial charge in [-0.25, -0.2) is 4.98 Å². The zero-order valence-electron chi connectivity index (χ0n) is 16.6. The minimum atomic E-state index is -2.54. The molecule has 1 aliphatic rings. The molecule has 0 spiro atoms. The van der Waals surface area contributed by atoms with Gasteiger partial charge in [-0.3, -0.25) is 14.5 Å². The molecule has 1 atom stereocenters. The molecule has 0 saturated carbocycles. The largest absolute Gasteiger partial charge is 0.446 e. The lowest BCUT2D eigenvalue weighted by atomic mass is 10.1. The van der Waals surface area contributed by atoms with Crippen LogP contribution in [0.5, 0.6) is 5.75 Å². The topological polar surface area (TPSA) is 112 Å². The number of alkyl halides is 1. The summed E-state index contributed by atoms with van der Waals surface area (Å²) >= 11 is 0. The van der Waals surface area contributed by atoms with E-state index in [1.54, 1.807) is 50.2 Å². The standard InChI is InChI=1S/C21H19FN4O4/c1-11-15(12(2)30-25-11)10-26-19-17(29-21(3,22)20(26)28)8-7-16(24-19)13-5-4-6-14(9-13)18(23)27/h4-9H,10H2,1-3H3,(H2,23,27). The summed E-state index contributed by atoms with van der Waals surface area (Å²) in [6.07, 6.45) is 0. The van der Waals surface area contributed by atoms with E-state index in [9.17, 15) is 14.0 Å². The van der Waals surface area contributed by atoms with E-state index in [1.165, 1.54) is 4.90 Å². The third-order valence-corrected chi connectivity index (χ3v) is 4.96.